The van der Waals surface area contributed by atoms with E-state index in [1.54, 1.807) is 18.4 Å². The van der Waals surface area contributed by atoms with Gasteiger partial charge in [-0.05, 0) is 42.1 Å². The summed E-state index contributed by atoms with van der Waals surface area (Å²) in [6, 6.07) is 11.3. The highest BCUT2D eigenvalue weighted by Gasteiger charge is 2.13. The van der Waals surface area contributed by atoms with Crippen molar-refractivity contribution in [3.8, 4) is 5.75 Å². The highest BCUT2D eigenvalue weighted by Crippen LogP contribution is 2.17. The van der Waals surface area contributed by atoms with E-state index in [2.05, 4.69) is 12.2 Å². The molecule has 1 aromatic heterocycles. The molecular weight excluding hydrogens is 284 g/mol. The number of nitrogens with zero attached hydrogens (tertiary/aromatic N) is 1. The molecule has 0 aliphatic carbocycles. The van der Waals surface area contributed by atoms with Crippen LogP contribution in [-0.2, 0) is 6.54 Å². The van der Waals surface area contributed by atoms with E-state index >= 15 is 0 Å². The van der Waals surface area contributed by atoms with Crippen molar-refractivity contribution in [1.82, 2.24) is 4.90 Å². The van der Waals surface area contributed by atoms with Crippen molar-refractivity contribution in [3.05, 3.63) is 46.7 Å². The second-order valence-corrected chi connectivity index (χ2v) is 5.69. The molecule has 21 heavy (non-hydrogen) atoms. The predicted octanol–water partition coefficient (Wildman–Crippen LogP) is 4.20. The van der Waals surface area contributed by atoms with Gasteiger partial charge in [0.25, 0.3) is 0 Å². The van der Waals surface area contributed by atoms with Crippen LogP contribution in [0, 0.1) is 0 Å². The number of carbonyl (C=O) groups excluding carboxylic acids is 1. The molecule has 0 spiro atoms. The zero-order valence-electron chi connectivity index (χ0n) is 12.3. The van der Waals surface area contributed by atoms with Crippen molar-refractivity contribution in [2.75, 3.05) is 19.0 Å². The van der Waals surface area contributed by atoms with E-state index in [0.29, 0.717) is 6.54 Å². The van der Waals surface area contributed by atoms with Gasteiger partial charge in [-0.25, -0.2) is 4.79 Å². The molecule has 0 unspecified atom stereocenters. The number of hydrogen-bond donors (Lipinski definition) is 1. The maximum absolute atomic E-state index is 12.4. The Hall–Kier alpha value is -2.01. The maximum Gasteiger partial charge on any atom is 0.322 e. The Balaban J connectivity index is 2.00. The number of nitrogens with one attached hydrogen (secondary N) is 1. The van der Waals surface area contributed by atoms with Gasteiger partial charge in [-0.15, -0.1) is 11.3 Å². The van der Waals surface area contributed by atoms with E-state index in [4.69, 9.17) is 4.74 Å². The topological polar surface area (TPSA) is 41.6 Å². The fraction of sp³-hybridized carbons (Fsp3) is 0.312. The standard InChI is InChI=1S/C16H20N2O2S/c1-3-10-18(12-15-5-4-11-21-15)16(19)17-13-6-8-14(20-2)9-7-13/h4-9,11H,3,10,12H2,1-2H3,(H,17,19). The average molecular weight is 304 g/mol. The maximum atomic E-state index is 12.4. The van der Waals surface area contributed by atoms with E-state index in [9.17, 15) is 4.79 Å². The Morgan fingerprint density at radius 2 is 2.05 bits per heavy atom. The number of thiophene rings is 1. The van der Waals surface area contributed by atoms with Crippen molar-refractivity contribution < 1.29 is 9.53 Å². The molecule has 0 radical (unpaired) electrons. The van der Waals surface area contributed by atoms with E-state index in [1.807, 2.05) is 46.7 Å². The van der Waals surface area contributed by atoms with Gasteiger partial charge in [0.1, 0.15) is 5.75 Å². The quantitative estimate of drug-likeness (QED) is 0.869. The molecule has 5 heteroatoms. The lowest BCUT2D eigenvalue weighted by atomic mass is 10.3. The number of methoxy groups -OCH3 is 1. The molecule has 1 aromatic carbocycles. The van der Waals surface area contributed by atoms with Crippen molar-refractivity contribution in [1.29, 1.82) is 0 Å². The first-order valence-electron chi connectivity index (χ1n) is 6.95. The first-order valence-corrected chi connectivity index (χ1v) is 7.83. The lowest BCUT2D eigenvalue weighted by Gasteiger charge is -2.22. The molecule has 0 aliphatic heterocycles. The molecular formula is C16H20N2O2S. The van der Waals surface area contributed by atoms with E-state index in [-0.39, 0.29) is 6.03 Å². The molecule has 0 aliphatic rings. The summed E-state index contributed by atoms with van der Waals surface area (Å²) < 4.78 is 5.11. The Morgan fingerprint density at radius 1 is 1.29 bits per heavy atom. The van der Waals surface area contributed by atoms with Gasteiger partial charge in [0.2, 0.25) is 0 Å². The van der Waals surface area contributed by atoms with Gasteiger partial charge in [-0.3, -0.25) is 0 Å². The van der Waals surface area contributed by atoms with Gasteiger partial charge in [0.05, 0.1) is 13.7 Å². The minimum atomic E-state index is -0.0737. The monoisotopic (exact) mass is 304 g/mol. The minimum absolute atomic E-state index is 0.0737. The zero-order valence-corrected chi connectivity index (χ0v) is 13.2. The van der Waals surface area contributed by atoms with Crippen molar-refractivity contribution in [2.45, 2.75) is 19.9 Å². The highest BCUT2D eigenvalue weighted by atomic mass is 32.1. The summed E-state index contributed by atoms with van der Waals surface area (Å²) in [6.45, 7) is 3.45. The fourth-order valence-corrected chi connectivity index (χ4v) is 2.71. The third-order valence-electron chi connectivity index (χ3n) is 3.05. The lowest BCUT2D eigenvalue weighted by Crippen LogP contribution is -2.34. The summed E-state index contributed by atoms with van der Waals surface area (Å²) in [6.07, 6.45) is 0.932. The molecule has 1 heterocycles. The number of hydrogen-bond acceptors (Lipinski definition) is 3. The Morgan fingerprint density at radius 3 is 2.62 bits per heavy atom. The van der Waals surface area contributed by atoms with Gasteiger partial charge in [0.15, 0.2) is 0 Å². The number of ether oxygens (including phenoxy) is 1. The summed E-state index contributed by atoms with van der Waals surface area (Å²) in [4.78, 5) is 15.4. The molecule has 0 atom stereocenters. The molecule has 2 rings (SSSR count). The smallest absolute Gasteiger partial charge is 0.322 e. The molecule has 4 nitrogen and oxygen atoms in total. The summed E-state index contributed by atoms with van der Waals surface area (Å²) in [5, 5.41) is 4.96. The number of anilines is 1. The van der Waals surface area contributed by atoms with Crippen LogP contribution in [0.15, 0.2) is 41.8 Å². The molecule has 0 saturated carbocycles. The number of amides is 2. The second-order valence-electron chi connectivity index (χ2n) is 4.66. The van der Waals surface area contributed by atoms with Crippen LogP contribution < -0.4 is 10.1 Å². The van der Waals surface area contributed by atoms with Crippen LogP contribution in [0.3, 0.4) is 0 Å². The van der Waals surface area contributed by atoms with Gasteiger partial charge in [0, 0.05) is 17.1 Å². The van der Waals surface area contributed by atoms with Crippen LogP contribution in [0.5, 0.6) is 5.75 Å². The number of benzene rings is 1. The first-order chi connectivity index (χ1) is 10.2. The molecule has 1 N–H and O–H groups in total. The first kappa shape index (κ1) is 15.4. The summed E-state index contributed by atoms with van der Waals surface area (Å²) in [5.41, 5.74) is 0.771. The SMILES string of the molecule is CCCN(Cc1cccs1)C(=O)Nc1ccc(OC)cc1. The van der Waals surface area contributed by atoms with Crippen molar-refractivity contribution in [2.24, 2.45) is 0 Å². The third-order valence-corrected chi connectivity index (χ3v) is 3.91. The van der Waals surface area contributed by atoms with Gasteiger partial charge in [-0.2, -0.15) is 0 Å². The molecule has 0 saturated heterocycles. The lowest BCUT2D eigenvalue weighted by molar-refractivity contribution is 0.209. The second kappa shape index (κ2) is 7.69. The van der Waals surface area contributed by atoms with Crippen LogP contribution in [0.25, 0.3) is 0 Å². The molecule has 2 aromatic rings. The summed E-state index contributed by atoms with van der Waals surface area (Å²) >= 11 is 1.67. The Labute approximate surface area is 129 Å². The number of urea groups is 1. The summed E-state index contributed by atoms with van der Waals surface area (Å²) in [7, 11) is 1.62. The van der Waals surface area contributed by atoms with Crippen LogP contribution in [0.1, 0.15) is 18.2 Å². The molecule has 0 bridgehead atoms. The molecule has 0 fully saturated rings. The number of carbonyl (C=O) groups is 1. The van der Waals surface area contributed by atoms with Crippen molar-refractivity contribution >= 4 is 23.1 Å². The van der Waals surface area contributed by atoms with Crippen LogP contribution in [-0.4, -0.2) is 24.6 Å². The third kappa shape index (κ3) is 4.49. The summed E-state index contributed by atoms with van der Waals surface area (Å²) in [5.74, 6) is 0.775. The van der Waals surface area contributed by atoms with Gasteiger partial charge >= 0.3 is 6.03 Å². The normalized spacial score (nSPS) is 10.2. The number of rotatable bonds is 6. The highest BCUT2D eigenvalue weighted by molar-refractivity contribution is 7.09. The zero-order chi connectivity index (χ0) is 15.1. The van der Waals surface area contributed by atoms with E-state index < -0.39 is 0 Å². The molecule has 112 valence electrons. The van der Waals surface area contributed by atoms with Crippen LogP contribution >= 0.6 is 11.3 Å². The van der Waals surface area contributed by atoms with Crippen molar-refractivity contribution in [3.63, 3.8) is 0 Å². The average Bonchev–Trinajstić information content (AvgIpc) is 3.00. The van der Waals surface area contributed by atoms with E-state index in [0.717, 1.165) is 24.4 Å². The van der Waals surface area contributed by atoms with Crippen LogP contribution in [0.4, 0.5) is 10.5 Å². The van der Waals surface area contributed by atoms with Crippen LogP contribution in [0.2, 0.25) is 0 Å². The Kier molecular flexibility index (Phi) is 5.63. The molecule has 2 amide bonds. The minimum Gasteiger partial charge on any atom is -0.497 e. The van der Waals surface area contributed by atoms with Gasteiger partial charge < -0.3 is 15.0 Å². The van der Waals surface area contributed by atoms with Gasteiger partial charge in [-0.1, -0.05) is 13.0 Å². The Bertz CT molecular complexity index is 552. The van der Waals surface area contributed by atoms with E-state index in [1.165, 1.54) is 4.88 Å². The fourth-order valence-electron chi connectivity index (χ4n) is 1.99. The predicted molar refractivity (Wildman–Crippen MR) is 87.0 cm³/mol. The largest absolute Gasteiger partial charge is 0.497 e.